The Hall–Kier alpha value is -0.520. The van der Waals surface area contributed by atoms with Crippen molar-refractivity contribution in [2.45, 2.75) is 116 Å². The zero-order valence-electron chi connectivity index (χ0n) is 20.2. The van der Waals surface area contributed by atoms with E-state index in [1.165, 1.54) is 44.9 Å². The van der Waals surface area contributed by atoms with Gasteiger partial charge >= 0.3 is 0 Å². The van der Waals surface area contributed by atoms with Crippen LogP contribution in [0.15, 0.2) is 0 Å². The van der Waals surface area contributed by atoms with Crippen molar-refractivity contribution in [3.8, 4) is 12.3 Å². The number of rotatable bonds is 4. The number of terminal acetylenes is 1. The zero-order valence-corrected chi connectivity index (χ0v) is 20.2. The SMILES string of the molecule is C#CC(C)(O)CC[C@@H](C)[C@H]1CC[C@H]2[C@@H]3CCC4C[C@@](C)(O)CC[C@]4(C)[C@H]3CC[C@]12C. The van der Waals surface area contributed by atoms with Gasteiger partial charge in [-0.05, 0) is 131 Å². The maximum Gasteiger partial charge on any atom is 0.122 e. The molecule has 0 spiro atoms. The molecule has 0 aliphatic heterocycles. The highest BCUT2D eigenvalue weighted by molar-refractivity contribution is 5.11. The third kappa shape index (κ3) is 3.67. The Kier molecular flexibility index (Phi) is 5.68. The molecule has 2 N–H and O–H groups in total. The molecule has 0 aromatic carbocycles. The summed E-state index contributed by atoms with van der Waals surface area (Å²) < 4.78 is 0. The Morgan fingerprint density at radius 1 is 1.00 bits per heavy atom. The van der Waals surface area contributed by atoms with Crippen molar-refractivity contribution < 1.29 is 10.2 Å². The second kappa shape index (κ2) is 7.52. The first-order valence-corrected chi connectivity index (χ1v) is 12.8. The number of aliphatic hydroxyl groups is 2. The van der Waals surface area contributed by atoms with E-state index in [4.69, 9.17) is 6.42 Å². The molecular formula is C28H46O2. The molecule has 0 aromatic rings. The zero-order chi connectivity index (χ0) is 21.9. The molecule has 0 amide bonds. The predicted octanol–water partition coefficient (Wildman–Crippen LogP) is 6.20. The second-order valence-electron chi connectivity index (χ2n) is 13.0. The molecular weight excluding hydrogens is 368 g/mol. The molecule has 0 radical (unpaired) electrons. The fourth-order valence-electron chi connectivity index (χ4n) is 9.19. The van der Waals surface area contributed by atoms with Crippen LogP contribution >= 0.6 is 0 Å². The van der Waals surface area contributed by atoms with Crippen molar-refractivity contribution in [1.82, 2.24) is 0 Å². The summed E-state index contributed by atoms with van der Waals surface area (Å²) in [5.41, 5.74) is -0.485. The Labute approximate surface area is 185 Å². The first kappa shape index (κ1) is 22.7. The lowest BCUT2D eigenvalue weighted by molar-refractivity contribution is -0.148. The number of hydrogen-bond acceptors (Lipinski definition) is 2. The highest BCUT2D eigenvalue weighted by Gasteiger charge is 2.61. The lowest BCUT2D eigenvalue weighted by Gasteiger charge is -2.62. The monoisotopic (exact) mass is 414 g/mol. The summed E-state index contributed by atoms with van der Waals surface area (Å²) in [5, 5.41) is 21.0. The van der Waals surface area contributed by atoms with Gasteiger partial charge in [-0.15, -0.1) is 6.42 Å². The molecule has 4 aliphatic rings. The van der Waals surface area contributed by atoms with Gasteiger partial charge in [-0.25, -0.2) is 0 Å². The summed E-state index contributed by atoms with van der Waals surface area (Å²) in [6.07, 6.45) is 18.7. The Morgan fingerprint density at radius 2 is 1.70 bits per heavy atom. The molecule has 10 atom stereocenters. The van der Waals surface area contributed by atoms with Crippen LogP contribution in [0.4, 0.5) is 0 Å². The van der Waals surface area contributed by atoms with Crippen molar-refractivity contribution in [1.29, 1.82) is 0 Å². The highest BCUT2D eigenvalue weighted by Crippen LogP contribution is 2.68. The molecule has 170 valence electrons. The van der Waals surface area contributed by atoms with E-state index in [1.54, 1.807) is 6.92 Å². The number of fused-ring (bicyclic) bond motifs is 5. The molecule has 4 rings (SSSR count). The fraction of sp³-hybridized carbons (Fsp3) is 0.929. The predicted molar refractivity (Wildman–Crippen MR) is 124 cm³/mol. The summed E-state index contributed by atoms with van der Waals surface area (Å²) in [6.45, 7) is 11.5. The van der Waals surface area contributed by atoms with E-state index in [0.717, 1.165) is 42.9 Å². The van der Waals surface area contributed by atoms with Gasteiger partial charge in [0.1, 0.15) is 5.60 Å². The van der Waals surface area contributed by atoms with Gasteiger partial charge in [0.2, 0.25) is 0 Å². The summed E-state index contributed by atoms with van der Waals surface area (Å²) in [6, 6.07) is 0. The molecule has 4 saturated carbocycles. The van der Waals surface area contributed by atoms with E-state index >= 15 is 0 Å². The van der Waals surface area contributed by atoms with Crippen LogP contribution in [0.2, 0.25) is 0 Å². The molecule has 0 bridgehead atoms. The molecule has 4 aliphatic carbocycles. The third-order valence-corrected chi connectivity index (χ3v) is 11.1. The summed E-state index contributed by atoms with van der Waals surface area (Å²) in [7, 11) is 0. The largest absolute Gasteiger partial charge is 0.390 e. The molecule has 4 fully saturated rings. The smallest absolute Gasteiger partial charge is 0.122 e. The van der Waals surface area contributed by atoms with Crippen LogP contribution < -0.4 is 0 Å². The van der Waals surface area contributed by atoms with Crippen molar-refractivity contribution in [3.63, 3.8) is 0 Å². The van der Waals surface area contributed by atoms with Gasteiger partial charge in [-0.3, -0.25) is 0 Å². The van der Waals surface area contributed by atoms with Gasteiger partial charge in [0.05, 0.1) is 5.60 Å². The van der Waals surface area contributed by atoms with Gasteiger partial charge in [-0.2, -0.15) is 0 Å². The lowest BCUT2D eigenvalue weighted by Crippen LogP contribution is -2.55. The molecule has 2 unspecified atom stereocenters. The van der Waals surface area contributed by atoms with Crippen LogP contribution in [0, 0.1) is 58.7 Å². The highest BCUT2D eigenvalue weighted by atomic mass is 16.3. The Balaban J connectivity index is 1.48. The van der Waals surface area contributed by atoms with E-state index in [2.05, 4.69) is 33.6 Å². The van der Waals surface area contributed by atoms with Crippen molar-refractivity contribution >= 4 is 0 Å². The second-order valence-corrected chi connectivity index (χ2v) is 13.0. The Morgan fingerprint density at radius 3 is 2.40 bits per heavy atom. The minimum atomic E-state index is -0.958. The topological polar surface area (TPSA) is 40.5 Å². The maximum absolute atomic E-state index is 10.7. The van der Waals surface area contributed by atoms with Crippen molar-refractivity contribution in [3.05, 3.63) is 0 Å². The minimum absolute atomic E-state index is 0.437. The van der Waals surface area contributed by atoms with E-state index < -0.39 is 11.2 Å². The van der Waals surface area contributed by atoms with E-state index in [1.807, 2.05) is 0 Å². The van der Waals surface area contributed by atoms with Crippen LogP contribution in [-0.4, -0.2) is 21.4 Å². The molecule has 0 aromatic heterocycles. The summed E-state index contributed by atoms with van der Waals surface area (Å²) >= 11 is 0. The first-order valence-electron chi connectivity index (χ1n) is 12.8. The minimum Gasteiger partial charge on any atom is -0.390 e. The van der Waals surface area contributed by atoms with E-state index in [0.29, 0.717) is 29.1 Å². The first-order chi connectivity index (χ1) is 13.9. The van der Waals surface area contributed by atoms with Crippen molar-refractivity contribution in [2.75, 3.05) is 0 Å². The standard InChI is InChI=1S/C28H46O2/c1-7-25(3,29)14-12-19(2)22-10-11-23-21-9-8-20-18-26(4,30)16-17-27(20,5)24(21)13-15-28(22,23)6/h1,19-24,29-30H,8-18H2,2-6H3/t19-,20?,21+,22-,23+,24+,25?,26+,27+,28-/m1/s1. The molecule has 30 heavy (non-hydrogen) atoms. The van der Waals surface area contributed by atoms with Crippen molar-refractivity contribution in [2.24, 2.45) is 46.3 Å². The Bertz CT molecular complexity index is 687. The average Bonchev–Trinajstić information content (AvgIpc) is 3.04. The molecule has 2 nitrogen and oxygen atoms in total. The van der Waals surface area contributed by atoms with Gasteiger partial charge in [0.25, 0.3) is 0 Å². The molecule has 0 heterocycles. The van der Waals surface area contributed by atoms with Crippen LogP contribution in [0.25, 0.3) is 0 Å². The lowest BCUT2D eigenvalue weighted by atomic mass is 9.43. The maximum atomic E-state index is 10.7. The van der Waals surface area contributed by atoms with E-state index in [-0.39, 0.29) is 0 Å². The number of hydrogen-bond donors (Lipinski definition) is 2. The summed E-state index contributed by atoms with van der Waals surface area (Å²) in [5.74, 6) is 7.31. The van der Waals surface area contributed by atoms with Gasteiger partial charge in [-0.1, -0.05) is 26.7 Å². The van der Waals surface area contributed by atoms with Crippen LogP contribution in [-0.2, 0) is 0 Å². The third-order valence-electron chi connectivity index (χ3n) is 11.1. The fourth-order valence-corrected chi connectivity index (χ4v) is 9.19. The van der Waals surface area contributed by atoms with Crippen LogP contribution in [0.5, 0.6) is 0 Å². The summed E-state index contributed by atoms with van der Waals surface area (Å²) in [4.78, 5) is 0. The molecule has 2 heteroatoms. The van der Waals surface area contributed by atoms with Crippen LogP contribution in [0.3, 0.4) is 0 Å². The average molecular weight is 415 g/mol. The van der Waals surface area contributed by atoms with Gasteiger partial charge in [0.15, 0.2) is 0 Å². The molecule has 0 saturated heterocycles. The normalized spacial score (nSPS) is 51.1. The van der Waals surface area contributed by atoms with E-state index in [9.17, 15) is 10.2 Å². The van der Waals surface area contributed by atoms with Gasteiger partial charge in [0, 0.05) is 0 Å². The van der Waals surface area contributed by atoms with Crippen LogP contribution in [0.1, 0.15) is 105 Å². The quantitative estimate of drug-likeness (QED) is 0.538. The van der Waals surface area contributed by atoms with Gasteiger partial charge < -0.3 is 10.2 Å².